The van der Waals surface area contributed by atoms with Gasteiger partial charge >= 0.3 is 6.03 Å². The van der Waals surface area contributed by atoms with E-state index in [1.807, 2.05) is 54.3 Å². The van der Waals surface area contributed by atoms with Crippen LogP contribution >= 0.6 is 11.3 Å². The third-order valence-electron chi connectivity index (χ3n) is 8.09. The molecule has 1 aromatic heterocycles. The van der Waals surface area contributed by atoms with Gasteiger partial charge in [-0.1, -0.05) is 50.3 Å². The van der Waals surface area contributed by atoms with Crippen molar-refractivity contribution in [3.05, 3.63) is 71.5 Å². The van der Waals surface area contributed by atoms with Gasteiger partial charge in [0.25, 0.3) is 0 Å². The van der Waals surface area contributed by atoms with Crippen molar-refractivity contribution in [2.24, 2.45) is 5.41 Å². The van der Waals surface area contributed by atoms with Crippen molar-refractivity contribution in [3.63, 3.8) is 0 Å². The van der Waals surface area contributed by atoms with E-state index in [9.17, 15) is 9.90 Å². The Bertz CT molecular complexity index is 1620. The summed E-state index contributed by atoms with van der Waals surface area (Å²) in [5, 5.41) is 17.4. The molecule has 41 heavy (non-hydrogen) atoms. The molecule has 2 aliphatic heterocycles. The van der Waals surface area contributed by atoms with Crippen molar-refractivity contribution >= 4 is 49.8 Å². The zero-order chi connectivity index (χ0) is 28.9. The minimum absolute atomic E-state index is 0.0411. The number of aromatic hydroxyl groups is 1. The Morgan fingerprint density at radius 1 is 1.10 bits per heavy atom. The average Bonchev–Trinajstić information content (AvgIpc) is 3.46. The number of aryl methyl sites for hydroxylation is 1. The van der Waals surface area contributed by atoms with E-state index in [0.29, 0.717) is 34.3 Å². The van der Waals surface area contributed by atoms with Gasteiger partial charge in [-0.05, 0) is 80.2 Å². The molecule has 4 aromatic rings. The second kappa shape index (κ2) is 10.3. The predicted molar refractivity (Wildman–Crippen MR) is 165 cm³/mol. The standard InChI is InChI=1S/C32H36FN5O2S/c1-20-9-11-23-26(17-20)41-30(35-23)36-29(40)34-22-7-5-6-8-24(22)38-19-32(27-21(33)10-12-25(39)28(27)38)13-15-37(16-14-32)18-31(2,3)4/h5-12,17,39H,13-16,18-19H2,1-4H3,(H2,34,35,36,40). The van der Waals surface area contributed by atoms with Crippen LogP contribution in [0.4, 0.5) is 31.4 Å². The highest BCUT2D eigenvalue weighted by Crippen LogP contribution is 2.55. The van der Waals surface area contributed by atoms with Crippen molar-refractivity contribution in [3.8, 4) is 5.75 Å². The molecule has 6 rings (SSSR count). The lowest BCUT2D eigenvalue weighted by molar-refractivity contribution is 0.124. The fraction of sp³-hybridized carbons (Fsp3) is 0.375. The first-order valence-corrected chi connectivity index (χ1v) is 14.9. The highest BCUT2D eigenvalue weighted by Gasteiger charge is 2.48. The number of nitrogens with zero attached hydrogens (tertiary/aromatic N) is 3. The molecule has 3 heterocycles. The van der Waals surface area contributed by atoms with E-state index in [1.165, 1.54) is 23.5 Å². The van der Waals surface area contributed by atoms with Crippen LogP contribution in [-0.4, -0.2) is 47.2 Å². The van der Waals surface area contributed by atoms with Crippen LogP contribution in [0.15, 0.2) is 54.6 Å². The molecule has 1 fully saturated rings. The number of piperidine rings is 1. The van der Waals surface area contributed by atoms with E-state index >= 15 is 4.39 Å². The summed E-state index contributed by atoms with van der Waals surface area (Å²) >= 11 is 1.42. The number of urea groups is 1. The Balaban J connectivity index is 1.28. The van der Waals surface area contributed by atoms with Gasteiger partial charge in [0.2, 0.25) is 0 Å². The highest BCUT2D eigenvalue weighted by molar-refractivity contribution is 7.22. The van der Waals surface area contributed by atoms with Crippen LogP contribution in [0, 0.1) is 18.2 Å². The first-order chi connectivity index (χ1) is 19.5. The molecule has 1 saturated heterocycles. The zero-order valence-corrected chi connectivity index (χ0v) is 24.7. The molecule has 2 aliphatic rings. The van der Waals surface area contributed by atoms with Gasteiger partial charge in [-0.25, -0.2) is 14.2 Å². The zero-order valence-electron chi connectivity index (χ0n) is 23.9. The first kappa shape index (κ1) is 27.5. The third kappa shape index (κ3) is 5.36. The van der Waals surface area contributed by atoms with Crippen molar-refractivity contribution in [2.75, 3.05) is 41.7 Å². The van der Waals surface area contributed by atoms with Crippen LogP contribution < -0.4 is 15.5 Å². The van der Waals surface area contributed by atoms with Gasteiger partial charge < -0.3 is 20.2 Å². The lowest BCUT2D eigenvalue weighted by Gasteiger charge is -2.42. The van der Waals surface area contributed by atoms with E-state index in [2.05, 4.69) is 41.3 Å². The number of phenols is 1. The Morgan fingerprint density at radius 2 is 1.85 bits per heavy atom. The molecular weight excluding hydrogens is 537 g/mol. The minimum Gasteiger partial charge on any atom is -0.506 e. The van der Waals surface area contributed by atoms with E-state index in [1.54, 1.807) is 0 Å². The van der Waals surface area contributed by atoms with Crippen molar-refractivity contribution in [1.29, 1.82) is 0 Å². The number of hydrogen-bond donors (Lipinski definition) is 3. The van der Waals surface area contributed by atoms with Crippen LogP contribution in [0.5, 0.6) is 5.75 Å². The number of nitrogens with one attached hydrogen (secondary N) is 2. The van der Waals surface area contributed by atoms with Crippen LogP contribution in [0.2, 0.25) is 0 Å². The Morgan fingerprint density at radius 3 is 2.61 bits per heavy atom. The molecule has 1 spiro atoms. The van der Waals surface area contributed by atoms with Crippen LogP contribution in [0.1, 0.15) is 44.7 Å². The van der Waals surface area contributed by atoms with Crippen molar-refractivity contribution in [2.45, 2.75) is 46.0 Å². The largest absolute Gasteiger partial charge is 0.506 e. The van der Waals surface area contributed by atoms with Crippen molar-refractivity contribution in [1.82, 2.24) is 9.88 Å². The average molecular weight is 574 g/mol. The number of carbonyl (C=O) groups excluding carboxylic acids is 1. The smallest absolute Gasteiger partial charge is 0.325 e. The Kier molecular flexibility index (Phi) is 6.90. The van der Waals surface area contributed by atoms with Gasteiger partial charge in [-0.2, -0.15) is 0 Å². The van der Waals surface area contributed by atoms with Gasteiger partial charge in [-0.3, -0.25) is 5.32 Å². The number of thiazole rings is 1. The highest BCUT2D eigenvalue weighted by atomic mass is 32.1. The number of benzene rings is 3. The number of para-hydroxylation sites is 2. The predicted octanol–water partition coefficient (Wildman–Crippen LogP) is 7.62. The SMILES string of the molecule is Cc1ccc2nc(NC(=O)Nc3ccccc3N3CC4(CCN(CC(C)(C)C)CC4)c4c(F)ccc(O)c43)sc2c1. The molecule has 214 valence electrons. The summed E-state index contributed by atoms with van der Waals surface area (Å²) in [7, 11) is 0. The van der Waals surface area contributed by atoms with Crippen LogP contribution in [-0.2, 0) is 5.41 Å². The molecule has 2 amide bonds. The molecule has 0 unspecified atom stereocenters. The van der Waals surface area contributed by atoms with E-state index in [-0.39, 0.29) is 17.0 Å². The number of aromatic nitrogens is 1. The quantitative estimate of drug-likeness (QED) is 0.234. The van der Waals surface area contributed by atoms with E-state index in [4.69, 9.17) is 0 Å². The summed E-state index contributed by atoms with van der Waals surface area (Å²) in [4.78, 5) is 22.1. The second-order valence-corrected chi connectivity index (χ2v) is 13.6. The van der Waals surface area contributed by atoms with Gasteiger partial charge in [0.15, 0.2) is 5.13 Å². The molecule has 3 aromatic carbocycles. The summed E-state index contributed by atoms with van der Waals surface area (Å²) in [5.74, 6) is -0.252. The molecule has 0 atom stereocenters. The van der Waals surface area contributed by atoms with Gasteiger partial charge in [-0.15, -0.1) is 0 Å². The molecule has 9 heteroatoms. The van der Waals surface area contributed by atoms with E-state index < -0.39 is 11.4 Å². The molecule has 7 nitrogen and oxygen atoms in total. The molecule has 0 aliphatic carbocycles. The fourth-order valence-corrected chi connectivity index (χ4v) is 7.33. The maximum absolute atomic E-state index is 15.6. The number of fused-ring (bicyclic) bond motifs is 3. The summed E-state index contributed by atoms with van der Waals surface area (Å²) in [6.45, 7) is 12.0. The number of phenolic OH excluding ortho intramolecular Hbond substituents is 1. The number of halogens is 1. The summed E-state index contributed by atoms with van der Waals surface area (Å²) in [5.41, 5.74) is 4.07. The monoisotopic (exact) mass is 573 g/mol. The minimum atomic E-state index is -0.430. The summed E-state index contributed by atoms with van der Waals surface area (Å²) in [6, 6.07) is 15.8. The number of carbonyl (C=O) groups is 1. The van der Waals surface area contributed by atoms with Gasteiger partial charge in [0.1, 0.15) is 11.6 Å². The number of amides is 2. The Labute approximate surface area is 244 Å². The fourth-order valence-electron chi connectivity index (χ4n) is 6.37. The number of rotatable bonds is 4. The first-order valence-electron chi connectivity index (χ1n) is 14.1. The third-order valence-corrected chi connectivity index (χ3v) is 9.02. The van der Waals surface area contributed by atoms with Crippen LogP contribution in [0.25, 0.3) is 10.2 Å². The molecule has 0 bridgehead atoms. The number of anilines is 4. The van der Waals surface area contributed by atoms with Crippen LogP contribution in [0.3, 0.4) is 0 Å². The second-order valence-electron chi connectivity index (χ2n) is 12.6. The molecular formula is C32H36FN5O2S. The maximum Gasteiger partial charge on any atom is 0.325 e. The summed E-state index contributed by atoms with van der Waals surface area (Å²) in [6.07, 6.45) is 1.58. The van der Waals surface area contributed by atoms with Gasteiger partial charge in [0, 0.05) is 24.1 Å². The number of likely N-dealkylation sites (tertiary alicyclic amines) is 1. The lowest BCUT2D eigenvalue weighted by atomic mass is 9.73. The molecule has 0 radical (unpaired) electrons. The van der Waals surface area contributed by atoms with Gasteiger partial charge in [0.05, 0.1) is 27.3 Å². The topological polar surface area (TPSA) is 80.7 Å². The van der Waals surface area contributed by atoms with Crippen molar-refractivity contribution < 1.29 is 14.3 Å². The maximum atomic E-state index is 15.6. The van der Waals surface area contributed by atoms with E-state index in [0.717, 1.165) is 48.3 Å². The normalized spacial score (nSPS) is 16.8. The molecule has 3 N–H and O–H groups in total. The Hall–Kier alpha value is -3.69. The lowest BCUT2D eigenvalue weighted by Crippen LogP contribution is -2.47. The number of hydrogen-bond acceptors (Lipinski definition) is 6. The molecule has 0 saturated carbocycles. The summed E-state index contributed by atoms with van der Waals surface area (Å²) < 4.78 is 16.6.